The van der Waals surface area contributed by atoms with Crippen molar-refractivity contribution in [3.63, 3.8) is 0 Å². The van der Waals surface area contributed by atoms with Crippen LogP contribution in [0.2, 0.25) is 0 Å². The number of esters is 2. The Balaban J connectivity index is 0.000000201. The molecule has 0 unspecified atom stereocenters. The third-order valence-corrected chi connectivity index (χ3v) is 8.17. The Kier molecular flexibility index (Phi) is 10.1. The van der Waals surface area contributed by atoms with Gasteiger partial charge in [0.15, 0.2) is 0 Å². The maximum absolute atomic E-state index is 11.7. The minimum Gasteiger partial charge on any atom is -0.469 e. The quantitative estimate of drug-likeness (QED) is 0.511. The minimum absolute atomic E-state index is 0.0150. The molecule has 36 heavy (non-hydrogen) atoms. The standard InChI is InChI=1S/2C15H21NO2/c2*1-11(13-7-5-4-6-8-13)16-10-9-14(12(16)2)15(17)18-3/h2*4-8,11-12,14H,9-10H2,1-3H3/t11-,12-,14+;11-,12-,14-/m11/s1. The van der Waals surface area contributed by atoms with Crippen molar-refractivity contribution in [2.45, 2.75) is 64.7 Å². The van der Waals surface area contributed by atoms with Gasteiger partial charge in [-0.2, -0.15) is 0 Å². The van der Waals surface area contributed by atoms with E-state index in [-0.39, 0.29) is 35.9 Å². The van der Waals surface area contributed by atoms with Crippen molar-refractivity contribution in [2.24, 2.45) is 11.8 Å². The summed E-state index contributed by atoms with van der Waals surface area (Å²) in [5.41, 5.74) is 2.60. The topological polar surface area (TPSA) is 59.1 Å². The predicted molar refractivity (Wildman–Crippen MR) is 142 cm³/mol. The van der Waals surface area contributed by atoms with E-state index in [0.29, 0.717) is 12.1 Å². The number of likely N-dealkylation sites (tertiary alicyclic amines) is 2. The Labute approximate surface area is 216 Å². The molecule has 2 aliphatic heterocycles. The summed E-state index contributed by atoms with van der Waals surface area (Å²) in [6.45, 7) is 10.5. The number of methoxy groups -OCH3 is 2. The van der Waals surface area contributed by atoms with Crippen molar-refractivity contribution in [3.05, 3.63) is 71.8 Å². The van der Waals surface area contributed by atoms with Crippen molar-refractivity contribution >= 4 is 11.9 Å². The third-order valence-electron chi connectivity index (χ3n) is 8.17. The van der Waals surface area contributed by atoms with Crippen molar-refractivity contribution in [1.82, 2.24) is 9.80 Å². The molecule has 0 amide bonds. The number of nitrogens with zero attached hydrogens (tertiary/aromatic N) is 2. The molecule has 196 valence electrons. The van der Waals surface area contributed by atoms with Gasteiger partial charge in [-0.15, -0.1) is 0 Å². The summed E-state index contributed by atoms with van der Waals surface area (Å²) in [7, 11) is 2.94. The first-order valence-corrected chi connectivity index (χ1v) is 13.1. The number of benzene rings is 2. The number of hydrogen-bond acceptors (Lipinski definition) is 6. The first-order valence-electron chi connectivity index (χ1n) is 13.1. The monoisotopic (exact) mass is 494 g/mol. The van der Waals surface area contributed by atoms with E-state index in [1.54, 1.807) is 0 Å². The zero-order valence-corrected chi connectivity index (χ0v) is 22.6. The summed E-state index contributed by atoms with van der Waals surface area (Å²) in [6, 6.07) is 22.0. The number of carbonyl (C=O) groups is 2. The van der Waals surface area contributed by atoms with Gasteiger partial charge in [0.1, 0.15) is 0 Å². The molecular formula is C30H42N2O4. The van der Waals surface area contributed by atoms with E-state index in [2.05, 4.69) is 86.0 Å². The predicted octanol–water partition coefficient (Wildman–Crippen LogP) is 5.26. The number of hydrogen-bond donors (Lipinski definition) is 0. The molecule has 0 saturated carbocycles. The molecular weight excluding hydrogens is 452 g/mol. The lowest BCUT2D eigenvalue weighted by atomic mass is 10.0. The second-order valence-electron chi connectivity index (χ2n) is 9.97. The number of ether oxygens (including phenoxy) is 2. The summed E-state index contributed by atoms with van der Waals surface area (Å²) in [6.07, 6.45) is 1.79. The fraction of sp³-hybridized carbons (Fsp3) is 0.533. The molecule has 6 nitrogen and oxygen atoms in total. The minimum atomic E-state index is -0.0785. The third kappa shape index (κ3) is 6.34. The lowest BCUT2D eigenvalue weighted by Gasteiger charge is -2.30. The maximum atomic E-state index is 11.7. The van der Waals surface area contributed by atoms with Crippen LogP contribution in [-0.4, -0.2) is 61.1 Å². The van der Waals surface area contributed by atoms with Gasteiger partial charge in [-0.3, -0.25) is 19.4 Å². The van der Waals surface area contributed by atoms with Crippen LogP contribution in [0.5, 0.6) is 0 Å². The van der Waals surface area contributed by atoms with Gasteiger partial charge < -0.3 is 9.47 Å². The molecule has 0 spiro atoms. The highest BCUT2D eigenvalue weighted by molar-refractivity contribution is 5.74. The van der Waals surface area contributed by atoms with Crippen molar-refractivity contribution in [2.75, 3.05) is 27.3 Å². The summed E-state index contributed by atoms with van der Waals surface area (Å²) < 4.78 is 9.75. The van der Waals surface area contributed by atoms with Crippen LogP contribution in [-0.2, 0) is 19.1 Å². The molecule has 0 radical (unpaired) electrons. The van der Waals surface area contributed by atoms with Gasteiger partial charge in [0.2, 0.25) is 0 Å². The summed E-state index contributed by atoms with van der Waals surface area (Å²) in [4.78, 5) is 28.1. The highest BCUT2D eigenvalue weighted by atomic mass is 16.5. The molecule has 2 heterocycles. The van der Waals surface area contributed by atoms with Crippen LogP contribution in [0.3, 0.4) is 0 Å². The number of rotatable bonds is 6. The van der Waals surface area contributed by atoms with Gasteiger partial charge in [-0.25, -0.2) is 0 Å². The van der Waals surface area contributed by atoms with E-state index in [0.717, 1.165) is 25.9 Å². The second kappa shape index (κ2) is 13.0. The van der Waals surface area contributed by atoms with Crippen LogP contribution in [0, 0.1) is 11.8 Å². The first-order chi connectivity index (χ1) is 17.3. The fourth-order valence-corrected chi connectivity index (χ4v) is 5.80. The molecule has 2 aromatic carbocycles. The SMILES string of the molecule is COC(=O)[C@@H]1CCN([C@H](C)c2ccccc2)[C@@H]1C.COC(=O)[C@H]1CCN([C@H](C)c2ccccc2)[C@@H]1C. The first kappa shape index (κ1) is 27.9. The Morgan fingerprint density at radius 3 is 1.33 bits per heavy atom. The van der Waals surface area contributed by atoms with E-state index in [1.807, 2.05) is 12.1 Å². The Bertz CT molecular complexity index is 888. The molecule has 2 aromatic rings. The normalized spacial score (nSPS) is 25.9. The molecule has 6 atom stereocenters. The van der Waals surface area contributed by atoms with E-state index in [9.17, 15) is 9.59 Å². The van der Waals surface area contributed by atoms with E-state index in [1.165, 1.54) is 25.3 Å². The van der Waals surface area contributed by atoms with Crippen LogP contribution in [0.25, 0.3) is 0 Å². The Morgan fingerprint density at radius 2 is 1.03 bits per heavy atom. The smallest absolute Gasteiger partial charge is 0.310 e. The maximum Gasteiger partial charge on any atom is 0.310 e. The van der Waals surface area contributed by atoms with Crippen LogP contribution in [0.1, 0.15) is 63.7 Å². The molecule has 4 rings (SSSR count). The van der Waals surface area contributed by atoms with Crippen molar-refractivity contribution in [1.29, 1.82) is 0 Å². The molecule has 0 N–H and O–H groups in total. The lowest BCUT2D eigenvalue weighted by Crippen LogP contribution is -2.35. The van der Waals surface area contributed by atoms with E-state index < -0.39 is 0 Å². The largest absolute Gasteiger partial charge is 0.469 e. The fourth-order valence-electron chi connectivity index (χ4n) is 5.80. The lowest BCUT2D eigenvalue weighted by molar-refractivity contribution is -0.147. The van der Waals surface area contributed by atoms with Gasteiger partial charge in [-0.05, 0) is 64.8 Å². The van der Waals surface area contributed by atoms with Crippen molar-refractivity contribution < 1.29 is 19.1 Å². The van der Waals surface area contributed by atoms with E-state index >= 15 is 0 Å². The molecule has 0 bridgehead atoms. The molecule has 0 aromatic heterocycles. The molecule has 0 aliphatic carbocycles. The molecule has 2 saturated heterocycles. The van der Waals surface area contributed by atoms with Crippen molar-refractivity contribution in [3.8, 4) is 0 Å². The van der Waals surface area contributed by atoms with Crippen LogP contribution < -0.4 is 0 Å². The molecule has 2 aliphatic rings. The van der Waals surface area contributed by atoms with Gasteiger partial charge in [-0.1, -0.05) is 60.7 Å². The highest BCUT2D eigenvalue weighted by Crippen LogP contribution is 2.34. The van der Waals surface area contributed by atoms with Crippen LogP contribution in [0.15, 0.2) is 60.7 Å². The zero-order valence-electron chi connectivity index (χ0n) is 22.6. The average Bonchev–Trinajstić information content (AvgIpc) is 3.50. The number of carbonyl (C=O) groups excluding carboxylic acids is 2. The summed E-state index contributed by atoms with van der Waals surface area (Å²) in [5, 5.41) is 0. The average molecular weight is 495 g/mol. The molecule has 2 fully saturated rings. The second-order valence-corrected chi connectivity index (χ2v) is 9.97. The van der Waals surface area contributed by atoms with Gasteiger partial charge >= 0.3 is 11.9 Å². The van der Waals surface area contributed by atoms with E-state index in [4.69, 9.17) is 9.47 Å². The Morgan fingerprint density at radius 1 is 0.694 bits per heavy atom. The highest BCUT2D eigenvalue weighted by Gasteiger charge is 2.39. The van der Waals surface area contributed by atoms with Gasteiger partial charge in [0.25, 0.3) is 0 Å². The van der Waals surface area contributed by atoms with Crippen LogP contribution in [0.4, 0.5) is 0 Å². The van der Waals surface area contributed by atoms with Crippen LogP contribution >= 0.6 is 0 Å². The Hall–Kier alpha value is -2.70. The van der Waals surface area contributed by atoms with Gasteiger partial charge in [0.05, 0.1) is 26.1 Å². The van der Waals surface area contributed by atoms with Gasteiger partial charge in [0, 0.05) is 24.2 Å². The summed E-state index contributed by atoms with van der Waals surface area (Å²) in [5.74, 6) is -0.127. The molecule has 6 heteroatoms. The zero-order chi connectivity index (χ0) is 26.2. The summed E-state index contributed by atoms with van der Waals surface area (Å²) >= 11 is 0.